The summed E-state index contributed by atoms with van der Waals surface area (Å²) in [6.07, 6.45) is 4.79. The molecule has 2 aromatic heterocycles. The summed E-state index contributed by atoms with van der Waals surface area (Å²) in [4.78, 5) is 20.9. The van der Waals surface area contributed by atoms with E-state index in [2.05, 4.69) is 73.5 Å². The van der Waals surface area contributed by atoms with Gasteiger partial charge in [0.1, 0.15) is 5.82 Å². The molecular weight excluding hydrogens is 428 g/mol. The number of anilines is 4. The van der Waals surface area contributed by atoms with E-state index in [1.165, 1.54) is 11.8 Å². The average molecular weight is 455 g/mol. The zero-order chi connectivity index (χ0) is 23.5. The maximum Gasteiger partial charge on any atom is 0.247 e. The zero-order valence-corrected chi connectivity index (χ0v) is 19.0. The van der Waals surface area contributed by atoms with Crippen LogP contribution in [0.3, 0.4) is 0 Å². The number of aromatic nitrogens is 4. The Morgan fingerprint density at radius 1 is 1.03 bits per heavy atom. The number of piperazine rings is 1. The Hall–Kier alpha value is -4.24. The first-order valence-corrected chi connectivity index (χ1v) is 11.1. The summed E-state index contributed by atoms with van der Waals surface area (Å²) < 4.78 is 1.88. The molecule has 0 atom stereocenters. The van der Waals surface area contributed by atoms with Crippen molar-refractivity contribution in [2.45, 2.75) is 0 Å². The highest BCUT2D eigenvalue weighted by Gasteiger charge is 2.14. The van der Waals surface area contributed by atoms with Crippen LogP contribution in [-0.4, -0.2) is 63.6 Å². The van der Waals surface area contributed by atoms with Crippen LogP contribution >= 0.6 is 0 Å². The lowest BCUT2D eigenvalue weighted by Gasteiger charge is -2.34. The molecule has 172 valence electrons. The number of benzene rings is 2. The van der Waals surface area contributed by atoms with Crippen molar-refractivity contribution < 1.29 is 4.79 Å². The third-order valence-electron chi connectivity index (χ3n) is 5.87. The number of hydrogen-bond acceptors (Lipinski definition) is 7. The molecule has 2 N–H and O–H groups in total. The van der Waals surface area contributed by atoms with Gasteiger partial charge < -0.3 is 20.4 Å². The molecule has 0 aliphatic carbocycles. The fourth-order valence-corrected chi connectivity index (χ4v) is 3.96. The van der Waals surface area contributed by atoms with Gasteiger partial charge in [-0.1, -0.05) is 18.7 Å². The minimum Gasteiger partial charge on any atom is -0.369 e. The van der Waals surface area contributed by atoms with E-state index in [0.29, 0.717) is 23.0 Å². The molecule has 0 radical (unpaired) electrons. The second-order valence-corrected chi connectivity index (χ2v) is 8.26. The Kier molecular flexibility index (Phi) is 5.92. The van der Waals surface area contributed by atoms with E-state index in [1.54, 1.807) is 6.20 Å². The SMILES string of the molecule is C=CC(=O)Nc1cccc(-c2nnc3cnc(Nc4ccc(N5CCN(C)CC5)cc4)cn23)c1. The van der Waals surface area contributed by atoms with E-state index in [9.17, 15) is 4.79 Å². The monoisotopic (exact) mass is 454 g/mol. The summed E-state index contributed by atoms with van der Waals surface area (Å²) in [5.41, 5.74) is 4.29. The van der Waals surface area contributed by atoms with Gasteiger partial charge >= 0.3 is 0 Å². The van der Waals surface area contributed by atoms with Crippen molar-refractivity contribution in [2.24, 2.45) is 0 Å². The highest BCUT2D eigenvalue weighted by Crippen LogP contribution is 2.24. The van der Waals surface area contributed by atoms with Crippen LogP contribution < -0.4 is 15.5 Å². The predicted octanol–water partition coefficient (Wildman–Crippen LogP) is 3.41. The molecule has 1 amide bonds. The summed E-state index contributed by atoms with van der Waals surface area (Å²) >= 11 is 0. The summed E-state index contributed by atoms with van der Waals surface area (Å²) in [5, 5.41) is 14.7. The molecule has 34 heavy (non-hydrogen) atoms. The van der Waals surface area contributed by atoms with Crippen LogP contribution in [-0.2, 0) is 4.79 Å². The molecule has 0 spiro atoms. The third-order valence-corrected chi connectivity index (χ3v) is 5.87. The van der Waals surface area contributed by atoms with Gasteiger partial charge in [0, 0.05) is 48.8 Å². The normalized spacial score (nSPS) is 14.2. The first kappa shape index (κ1) is 21.6. The van der Waals surface area contributed by atoms with E-state index >= 15 is 0 Å². The standard InChI is InChI=1S/C25H26N8O/c1-3-24(34)28-20-6-4-5-18(15-20)25-30-29-23-16-26-22(17-33(23)25)27-19-7-9-21(10-8-19)32-13-11-31(2)12-14-32/h3-10,15-17,27H,1,11-14H2,2H3,(H,28,34). The lowest BCUT2D eigenvalue weighted by atomic mass is 10.2. The van der Waals surface area contributed by atoms with Gasteiger partial charge in [0.15, 0.2) is 11.5 Å². The van der Waals surface area contributed by atoms with E-state index in [1.807, 2.05) is 34.9 Å². The van der Waals surface area contributed by atoms with Gasteiger partial charge in [-0.25, -0.2) is 4.98 Å². The van der Waals surface area contributed by atoms with Gasteiger partial charge in [0.05, 0.1) is 12.4 Å². The van der Waals surface area contributed by atoms with Crippen LogP contribution in [0.4, 0.5) is 22.9 Å². The second-order valence-electron chi connectivity index (χ2n) is 8.26. The van der Waals surface area contributed by atoms with Crippen molar-refractivity contribution in [2.75, 3.05) is 48.8 Å². The molecular formula is C25H26N8O. The number of fused-ring (bicyclic) bond motifs is 1. The maximum absolute atomic E-state index is 11.7. The van der Waals surface area contributed by atoms with E-state index < -0.39 is 0 Å². The molecule has 9 heteroatoms. The van der Waals surface area contributed by atoms with Gasteiger partial charge in [-0.05, 0) is 49.5 Å². The van der Waals surface area contributed by atoms with Crippen LogP contribution in [0.1, 0.15) is 0 Å². The smallest absolute Gasteiger partial charge is 0.247 e. The van der Waals surface area contributed by atoms with Crippen molar-refractivity contribution in [1.82, 2.24) is 24.5 Å². The number of amides is 1. The summed E-state index contributed by atoms with van der Waals surface area (Å²) in [6, 6.07) is 15.9. The van der Waals surface area contributed by atoms with Gasteiger partial charge in [0.25, 0.3) is 0 Å². The fraction of sp³-hybridized carbons (Fsp3) is 0.200. The Labute approximate surface area is 197 Å². The predicted molar refractivity (Wildman–Crippen MR) is 134 cm³/mol. The maximum atomic E-state index is 11.7. The van der Waals surface area contributed by atoms with Gasteiger partial charge in [-0.3, -0.25) is 9.20 Å². The Bertz CT molecular complexity index is 1320. The number of likely N-dealkylation sites (N-methyl/N-ethyl adjacent to an activating group) is 1. The number of rotatable bonds is 6. The molecule has 2 aromatic carbocycles. The fourth-order valence-electron chi connectivity index (χ4n) is 3.96. The van der Waals surface area contributed by atoms with Crippen molar-refractivity contribution in [3.63, 3.8) is 0 Å². The Morgan fingerprint density at radius 3 is 2.59 bits per heavy atom. The third kappa shape index (κ3) is 4.60. The molecule has 1 aliphatic heterocycles. The topological polar surface area (TPSA) is 90.7 Å². The first-order chi connectivity index (χ1) is 16.6. The first-order valence-electron chi connectivity index (χ1n) is 11.1. The molecule has 0 unspecified atom stereocenters. The molecule has 0 saturated carbocycles. The summed E-state index contributed by atoms with van der Waals surface area (Å²) in [7, 11) is 2.16. The number of carbonyl (C=O) groups excluding carboxylic acids is 1. The molecule has 1 fully saturated rings. The second kappa shape index (κ2) is 9.32. The zero-order valence-electron chi connectivity index (χ0n) is 19.0. The molecule has 1 saturated heterocycles. The van der Waals surface area contributed by atoms with Crippen molar-refractivity contribution >= 4 is 34.4 Å². The quantitative estimate of drug-likeness (QED) is 0.432. The molecule has 4 aromatic rings. The van der Waals surface area contributed by atoms with Crippen LogP contribution in [0.25, 0.3) is 17.0 Å². The number of nitrogens with zero attached hydrogens (tertiary/aromatic N) is 6. The largest absolute Gasteiger partial charge is 0.369 e. The molecule has 9 nitrogen and oxygen atoms in total. The molecule has 3 heterocycles. The lowest BCUT2D eigenvalue weighted by Crippen LogP contribution is -2.44. The number of nitrogens with one attached hydrogen (secondary N) is 2. The van der Waals surface area contributed by atoms with Gasteiger partial charge in [-0.15, -0.1) is 10.2 Å². The average Bonchev–Trinajstić information content (AvgIpc) is 3.28. The van der Waals surface area contributed by atoms with Crippen molar-refractivity contribution in [3.8, 4) is 11.4 Å². The summed E-state index contributed by atoms with van der Waals surface area (Å²) in [6.45, 7) is 7.72. The minimum atomic E-state index is -0.266. The molecule has 5 rings (SSSR count). The molecule has 1 aliphatic rings. The Balaban J connectivity index is 1.36. The Morgan fingerprint density at radius 2 is 1.82 bits per heavy atom. The van der Waals surface area contributed by atoms with E-state index in [-0.39, 0.29) is 5.91 Å². The minimum absolute atomic E-state index is 0.266. The number of hydrogen-bond donors (Lipinski definition) is 2. The van der Waals surface area contributed by atoms with Crippen LogP contribution in [0.15, 0.2) is 73.6 Å². The lowest BCUT2D eigenvalue weighted by molar-refractivity contribution is -0.111. The van der Waals surface area contributed by atoms with E-state index in [0.717, 1.165) is 37.4 Å². The van der Waals surface area contributed by atoms with Crippen LogP contribution in [0.2, 0.25) is 0 Å². The van der Waals surface area contributed by atoms with E-state index in [4.69, 9.17) is 0 Å². The number of carbonyl (C=O) groups is 1. The van der Waals surface area contributed by atoms with Crippen molar-refractivity contribution in [1.29, 1.82) is 0 Å². The van der Waals surface area contributed by atoms with Crippen LogP contribution in [0, 0.1) is 0 Å². The van der Waals surface area contributed by atoms with Gasteiger partial charge in [-0.2, -0.15) is 0 Å². The summed E-state index contributed by atoms with van der Waals surface area (Å²) in [5.74, 6) is 1.06. The molecule has 0 bridgehead atoms. The van der Waals surface area contributed by atoms with Crippen molar-refractivity contribution in [3.05, 3.63) is 73.6 Å². The van der Waals surface area contributed by atoms with Crippen LogP contribution in [0.5, 0.6) is 0 Å². The van der Waals surface area contributed by atoms with Gasteiger partial charge in [0.2, 0.25) is 5.91 Å². The highest BCUT2D eigenvalue weighted by molar-refractivity contribution is 5.99. The highest BCUT2D eigenvalue weighted by atomic mass is 16.1.